The first-order valence-electron chi connectivity index (χ1n) is 6.51. The zero-order valence-corrected chi connectivity index (χ0v) is 11.4. The fourth-order valence-corrected chi connectivity index (χ4v) is 1.97. The van der Waals surface area contributed by atoms with Gasteiger partial charge < -0.3 is 20.1 Å². The zero-order valence-electron chi connectivity index (χ0n) is 11.4. The van der Waals surface area contributed by atoms with Crippen molar-refractivity contribution in [3.8, 4) is 5.75 Å². The number of carbonyl (C=O) groups excluding carboxylic acids is 1. The number of hydrogen-bond acceptors (Lipinski definition) is 4. The molecule has 1 amide bonds. The number of nitrogen functional groups attached to an aromatic ring is 1. The van der Waals surface area contributed by atoms with Crippen molar-refractivity contribution >= 4 is 11.6 Å². The molecule has 0 aromatic heterocycles. The number of rotatable bonds is 3. The third kappa shape index (κ3) is 3.38. The Kier molecular flexibility index (Phi) is 4.27. The minimum absolute atomic E-state index is 0.00286. The molecule has 1 saturated heterocycles. The number of carbonyl (C=O) groups is 1. The second-order valence-electron chi connectivity index (χ2n) is 4.82. The number of morpholine rings is 1. The maximum atomic E-state index is 12.3. The molecule has 2 N–H and O–H groups in total. The molecule has 0 spiro atoms. The Labute approximate surface area is 113 Å². The van der Waals surface area contributed by atoms with Gasteiger partial charge in [-0.15, -0.1) is 0 Å². The molecule has 1 aromatic rings. The molecule has 5 heteroatoms. The fourth-order valence-electron chi connectivity index (χ4n) is 1.97. The topological polar surface area (TPSA) is 64.8 Å². The highest BCUT2D eigenvalue weighted by Gasteiger charge is 2.19. The number of benzene rings is 1. The Morgan fingerprint density at radius 1 is 1.37 bits per heavy atom. The molecule has 0 aliphatic carbocycles. The molecule has 1 aliphatic rings. The van der Waals surface area contributed by atoms with E-state index in [0.29, 0.717) is 43.3 Å². The van der Waals surface area contributed by atoms with Crippen LogP contribution >= 0.6 is 0 Å². The van der Waals surface area contributed by atoms with E-state index in [9.17, 15) is 4.79 Å². The zero-order chi connectivity index (χ0) is 13.8. The number of hydrogen-bond donors (Lipinski definition) is 1. The molecule has 5 nitrogen and oxygen atoms in total. The molecule has 2 rings (SSSR count). The van der Waals surface area contributed by atoms with E-state index >= 15 is 0 Å². The van der Waals surface area contributed by atoms with E-state index in [1.807, 2.05) is 13.8 Å². The van der Waals surface area contributed by atoms with Gasteiger partial charge in [-0.25, -0.2) is 0 Å². The molecule has 1 aromatic carbocycles. The second kappa shape index (κ2) is 5.93. The van der Waals surface area contributed by atoms with E-state index in [1.165, 1.54) is 0 Å². The second-order valence-corrected chi connectivity index (χ2v) is 4.82. The number of ether oxygens (including phenoxy) is 2. The fraction of sp³-hybridized carbons (Fsp3) is 0.500. The molecule has 1 fully saturated rings. The molecule has 0 radical (unpaired) electrons. The lowest BCUT2D eigenvalue weighted by molar-refractivity contribution is 0.0302. The van der Waals surface area contributed by atoms with Crippen molar-refractivity contribution in [2.45, 2.75) is 20.0 Å². The van der Waals surface area contributed by atoms with Crippen LogP contribution in [0.2, 0.25) is 0 Å². The quantitative estimate of drug-likeness (QED) is 0.841. The summed E-state index contributed by atoms with van der Waals surface area (Å²) in [4.78, 5) is 14.1. The molecule has 1 heterocycles. The van der Waals surface area contributed by atoms with Crippen LogP contribution in [0.3, 0.4) is 0 Å². The van der Waals surface area contributed by atoms with Crippen LogP contribution in [0.4, 0.5) is 5.69 Å². The standard InChI is InChI=1S/C14H20N2O3/c1-10(2)19-13-9-11(3-4-12(13)15)14(17)16-5-7-18-8-6-16/h3-4,9-10H,5-8,15H2,1-2H3. The molecular formula is C14H20N2O3. The van der Waals surface area contributed by atoms with Crippen molar-refractivity contribution in [3.05, 3.63) is 23.8 Å². The van der Waals surface area contributed by atoms with Crippen LogP contribution in [0.25, 0.3) is 0 Å². The summed E-state index contributed by atoms with van der Waals surface area (Å²) in [5, 5.41) is 0. The number of nitrogens with two attached hydrogens (primary N) is 1. The average Bonchev–Trinajstić information content (AvgIpc) is 2.41. The first-order valence-corrected chi connectivity index (χ1v) is 6.51. The van der Waals surface area contributed by atoms with E-state index in [4.69, 9.17) is 15.2 Å². The van der Waals surface area contributed by atoms with Gasteiger partial charge in [0.1, 0.15) is 5.75 Å². The van der Waals surface area contributed by atoms with E-state index in [0.717, 1.165) is 0 Å². The third-order valence-electron chi connectivity index (χ3n) is 2.92. The highest BCUT2D eigenvalue weighted by atomic mass is 16.5. The molecule has 0 unspecified atom stereocenters. The Morgan fingerprint density at radius 3 is 2.68 bits per heavy atom. The van der Waals surface area contributed by atoms with Crippen LogP contribution in [-0.4, -0.2) is 43.2 Å². The molecule has 0 atom stereocenters. The summed E-state index contributed by atoms with van der Waals surface area (Å²) in [5.74, 6) is 0.561. The molecule has 104 valence electrons. The van der Waals surface area contributed by atoms with Crippen molar-refractivity contribution in [1.29, 1.82) is 0 Å². The van der Waals surface area contributed by atoms with Crippen LogP contribution in [0.5, 0.6) is 5.75 Å². The Hall–Kier alpha value is -1.75. The normalized spacial score (nSPS) is 15.6. The van der Waals surface area contributed by atoms with Crippen LogP contribution in [0, 0.1) is 0 Å². The predicted octanol–water partition coefficient (Wildman–Crippen LogP) is 1.53. The van der Waals surface area contributed by atoms with Gasteiger partial charge in [0.2, 0.25) is 0 Å². The lowest BCUT2D eigenvalue weighted by Gasteiger charge is -2.27. The largest absolute Gasteiger partial charge is 0.489 e. The Bertz CT molecular complexity index is 454. The number of nitrogens with zero attached hydrogens (tertiary/aromatic N) is 1. The highest BCUT2D eigenvalue weighted by Crippen LogP contribution is 2.24. The van der Waals surface area contributed by atoms with E-state index in [-0.39, 0.29) is 12.0 Å². The van der Waals surface area contributed by atoms with Gasteiger partial charge in [0.15, 0.2) is 0 Å². The molecule has 0 bridgehead atoms. The van der Waals surface area contributed by atoms with Gasteiger partial charge in [0.05, 0.1) is 25.0 Å². The SMILES string of the molecule is CC(C)Oc1cc(C(=O)N2CCOCC2)ccc1N. The Balaban J connectivity index is 2.17. The lowest BCUT2D eigenvalue weighted by Crippen LogP contribution is -2.40. The predicted molar refractivity (Wildman–Crippen MR) is 73.3 cm³/mol. The smallest absolute Gasteiger partial charge is 0.254 e. The summed E-state index contributed by atoms with van der Waals surface area (Å²) < 4.78 is 10.8. The van der Waals surface area contributed by atoms with Gasteiger partial charge in [-0.1, -0.05) is 0 Å². The first-order chi connectivity index (χ1) is 9.08. The minimum atomic E-state index is -0.00286. The van der Waals surface area contributed by atoms with E-state index in [2.05, 4.69) is 0 Å². The molecule has 0 saturated carbocycles. The van der Waals surface area contributed by atoms with Crippen molar-refractivity contribution in [2.75, 3.05) is 32.0 Å². The summed E-state index contributed by atoms with van der Waals surface area (Å²) in [6.07, 6.45) is 0.0241. The first kappa shape index (κ1) is 13.7. The maximum Gasteiger partial charge on any atom is 0.254 e. The van der Waals surface area contributed by atoms with E-state index < -0.39 is 0 Å². The van der Waals surface area contributed by atoms with Gasteiger partial charge in [0.25, 0.3) is 5.91 Å². The number of amides is 1. The van der Waals surface area contributed by atoms with Gasteiger partial charge in [0, 0.05) is 18.7 Å². The van der Waals surface area contributed by atoms with Crippen LogP contribution in [0.1, 0.15) is 24.2 Å². The Morgan fingerprint density at radius 2 is 2.05 bits per heavy atom. The minimum Gasteiger partial charge on any atom is -0.489 e. The lowest BCUT2D eigenvalue weighted by atomic mass is 10.1. The van der Waals surface area contributed by atoms with Crippen LogP contribution < -0.4 is 10.5 Å². The van der Waals surface area contributed by atoms with Gasteiger partial charge in [-0.2, -0.15) is 0 Å². The summed E-state index contributed by atoms with van der Waals surface area (Å²) >= 11 is 0. The monoisotopic (exact) mass is 264 g/mol. The maximum absolute atomic E-state index is 12.3. The number of anilines is 1. The van der Waals surface area contributed by atoms with Crippen molar-refractivity contribution in [3.63, 3.8) is 0 Å². The summed E-state index contributed by atoms with van der Waals surface area (Å²) in [6, 6.07) is 5.17. The van der Waals surface area contributed by atoms with E-state index in [1.54, 1.807) is 23.1 Å². The van der Waals surface area contributed by atoms with Gasteiger partial charge in [-0.05, 0) is 32.0 Å². The summed E-state index contributed by atoms with van der Waals surface area (Å²) in [5.41, 5.74) is 7.00. The van der Waals surface area contributed by atoms with Crippen LogP contribution in [-0.2, 0) is 4.74 Å². The van der Waals surface area contributed by atoms with Crippen molar-refractivity contribution in [1.82, 2.24) is 4.90 Å². The van der Waals surface area contributed by atoms with Gasteiger partial charge in [-0.3, -0.25) is 4.79 Å². The highest BCUT2D eigenvalue weighted by molar-refractivity contribution is 5.95. The van der Waals surface area contributed by atoms with Crippen molar-refractivity contribution < 1.29 is 14.3 Å². The molecule has 19 heavy (non-hydrogen) atoms. The van der Waals surface area contributed by atoms with Crippen LogP contribution in [0.15, 0.2) is 18.2 Å². The summed E-state index contributed by atoms with van der Waals surface area (Å²) in [6.45, 7) is 6.30. The third-order valence-corrected chi connectivity index (χ3v) is 2.92. The van der Waals surface area contributed by atoms with Gasteiger partial charge >= 0.3 is 0 Å². The molecular weight excluding hydrogens is 244 g/mol. The summed E-state index contributed by atoms with van der Waals surface area (Å²) in [7, 11) is 0. The average molecular weight is 264 g/mol. The molecule has 1 aliphatic heterocycles. The van der Waals surface area contributed by atoms with Crippen molar-refractivity contribution in [2.24, 2.45) is 0 Å².